The van der Waals surface area contributed by atoms with Gasteiger partial charge < -0.3 is 4.74 Å². The van der Waals surface area contributed by atoms with Gasteiger partial charge in [-0.25, -0.2) is 13.1 Å². The molecule has 0 aliphatic heterocycles. The molecule has 1 aromatic carbocycles. The van der Waals surface area contributed by atoms with E-state index in [1.54, 1.807) is 12.1 Å². The topological polar surface area (TPSA) is 55.4 Å². The van der Waals surface area contributed by atoms with Gasteiger partial charge in [0.1, 0.15) is 0 Å². The quantitative estimate of drug-likeness (QED) is 0.828. The lowest BCUT2D eigenvalue weighted by Gasteiger charge is -2.06. The summed E-state index contributed by atoms with van der Waals surface area (Å²) in [4.78, 5) is 0.207. The van der Waals surface area contributed by atoms with Crippen molar-refractivity contribution in [2.45, 2.75) is 11.8 Å². The van der Waals surface area contributed by atoms with Crippen LogP contribution in [0.3, 0.4) is 0 Å². The van der Waals surface area contributed by atoms with Crippen LogP contribution in [0.1, 0.15) is 12.5 Å². The van der Waals surface area contributed by atoms with Crippen molar-refractivity contribution >= 4 is 27.3 Å². The van der Waals surface area contributed by atoms with E-state index < -0.39 is 10.0 Å². The number of hydrogen-bond donors (Lipinski definition) is 1. The van der Waals surface area contributed by atoms with Crippen LogP contribution in [0.5, 0.6) is 0 Å². The van der Waals surface area contributed by atoms with E-state index in [9.17, 15) is 8.42 Å². The molecule has 0 unspecified atom stereocenters. The first kappa shape index (κ1) is 13.1. The van der Waals surface area contributed by atoms with E-state index in [0.717, 1.165) is 0 Å². The summed E-state index contributed by atoms with van der Waals surface area (Å²) >= 11 is 5.00. The molecule has 0 radical (unpaired) electrons. The van der Waals surface area contributed by atoms with Gasteiger partial charge in [0.05, 0.1) is 11.5 Å². The van der Waals surface area contributed by atoms with Crippen LogP contribution < -0.4 is 4.72 Å². The molecule has 0 saturated heterocycles. The van der Waals surface area contributed by atoms with Crippen LogP contribution in [-0.4, -0.2) is 27.1 Å². The number of sulfonamides is 1. The summed E-state index contributed by atoms with van der Waals surface area (Å²) in [6.07, 6.45) is 0. The number of rotatable bonds is 4. The molecule has 0 spiro atoms. The molecule has 4 nitrogen and oxygen atoms in total. The Morgan fingerprint density at radius 3 is 2.38 bits per heavy atom. The number of ether oxygens (including phenoxy) is 1. The van der Waals surface area contributed by atoms with Crippen LogP contribution in [0, 0.1) is 0 Å². The highest BCUT2D eigenvalue weighted by Crippen LogP contribution is 2.11. The molecule has 0 atom stereocenters. The highest BCUT2D eigenvalue weighted by atomic mass is 32.2. The Morgan fingerprint density at radius 1 is 1.38 bits per heavy atom. The number of thiocarbonyl (C=S) groups is 1. The fourth-order valence-corrected chi connectivity index (χ4v) is 2.09. The zero-order valence-corrected chi connectivity index (χ0v) is 10.7. The van der Waals surface area contributed by atoms with Gasteiger partial charge in [0, 0.05) is 5.56 Å². The Kier molecular flexibility index (Phi) is 4.40. The van der Waals surface area contributed by atoms with Gasteiger partial charge in [0.25, 0.3) is 0 Å². The van der Waals surface area contributed by atoms with Crippen molar-refractivity contribution in [2.75, 3.05) is 13.7 Å². The Labute approximate surface area is 101 Å². The number of benzene rings is 1. The van der Waals surface area contributed by atoms with Gasteiger partial charge in [-0.2, -0.15) is 0 Å². The SMILES string of the molecule is CCOC(=S)c1ccc(S(=O)(=O)NC)cc1. The molecule has 1 rings (SSSR count). The van der Waals surface area contributed by atoms with Crippen molar-refractivity contribution in [2.24, 2.45) is 0 Å². The highest BCUT2D eigenvalue weighted by molar-refractivity contribution is 7.89. The summed E-state index contributed by atoms with van der Waals surface area (Å²) in [6.45, 7) is 2.33. The normalized spacial score (nSPS) is 11.1. The smallest absolute Gasteiger partial charge is 0.240 e. The number of nitrogens with one attached hydrogen (secondary N) is 1. The number of hydrogen-bond acceptors (Lipinski definition) is 4. The largest absolute Gasteiger partial charge is 0.483 e. The molecule has 1 N–H and O–H groups in total. The zero-order valence-electron chi connectivity index (χ0n) is 9.06. The first-order valence-corrected chi connectivity index (χ1v) is 6.61. The minimum Gasteiger partial charge on any atom is -0.483 e. The van der Waals surface area contributed by atoms with Crippen molar-refractivity contribution in [1.82, 2.24) is 4.72 Å². The van der Waals surface area contributed by atoms with E-state index in [1.165, 1.54) is 19.2 Å². The average Bonchev–Trinajstić information content (AvgIpc) is 2.29. The van der Waals surface area contributed by atoms with Crippen LogP contribution in [0.2, 0.25) is 0 Å². The predicted molar refractivity (Wildman–Crippen MR) is 66.0 cm³/mol. The third kappa shape index (κ3) is 3.01. The predicted octanol–water partition coefficient (Wildman–Crippen LogP) is 1.31. The summed E-state index contributed by atoms with van der Waals surface area (Å²) in [5, 5.41) is 0.371. The molecule has 16 heavy (non-hydrogen) atoms. The maximum absolute atomic E-state index is 11.4. The summed E-state index contributed by atoms with van der Waals surface area (Å²) in [7, 11) is -2.02. The monoisotopic (exact) mass is 259 g/mol. The summed E-state index contributed by atoms with van der Waals surface area (Å²) in [5.41, 5.74) is 0.701. The van der Waals surface area contributed by atoms with E-state index in [0.29, 0.717) is 17.2 Å². The van der Waals surface area contributed by atoms with Gasteiger partial charge in [0.2, 0.25) is 10.0 Å². The van der Waals surface area contributed by atoms with Crippen molar-refractivity contribution in [3.8, 4) is 0 Å². The van der Waals surface area contributed by atoms with E-state index >= 15 is 0 Å². The van der Waals surface area contributed by atoms with Crippen LogP contribution in [0.25, 0.3) is 0 Å². The van der Waals surface area contributed by atoms with E-state index in [1.807, 2.05) is 6.92 Å². The van der Waals surface area contributed by atoms with Gasteiger partial charge in [-0.1, -0.05) is 0 Å². The minimum absolute atomic E-state index is 0.207. The molecular formula is C10H13NO3S2. The average molecular weight is 259 g/mol. The molecule has 1 aromatic rings. The lowest BCUT2D eigenvalue weighted by atomic mass is 10.2. The standard InChI is InChI=1S/C10H13NO3S2/c1-3-14-10(15)8-4-6-9(7-5-8)16(12,13)11-2/h4-7,11H,3H2,1-2H3. The third-order valence-corrected chi connectivity index (χ3v) is 3.73. The fraction of sp³-hybridized carbons (Fsp3) is 0.300. The zero-order chi connectivity index (χ0) is 12.2. The minimum atomic E-state index is -3.39. The summed E-state index contributed by atoms with van der Waals surface area (Å²) in [5.74, 6) is 0. The first-order chi connectivity index (χ1) is 7.51. The Hall–Kier alpha value is -0.980. The maximum Gasteiger partial charge on any atom is 0.240 e. The lowest BCUT2D eigenvalue weighted by Crippen LogP contribution is -2.18. The van der Waals surface area contributed by atoms with Crippen molar-refractivity contribution in [3.63, 3.8) is 0 Å². The van der Waals surface area contributed by atoms with Crippen LogP contribution >= 0.6 is 12.2 Å². The Balaban J connectivity index is 2.96. The van der Waals surface area contributed by atoms with Crippen molar-refractivity contribution in [3.05, 3.63) is 29.8 Å². The molecule has 88 valence electrons. The highest BCUT2D eigenvalue weighted by Gasteiger charge is 2.11. The van der Waals surface area contributed by atoms with Crippen LogP contribution in [-0.2, 0) is 14.8 Å². The molecule has 0 aliphatic carbocycles. The van der Waals surface area contributed by atoms with Crippen LogP contribution in [0.4, 0.5) is 0 Å². The molecule has 0 saturated carbocycles. The maximum atomic E-state index is 11.4. The van der Waals surface area contributed by atoms with E-state index in [2.05, 4.69) is 4.72 Å². The first-order valence-electron chi connectivity index (χ1n) is 4.72. The van der Waals surface area contributed by atoms with Gasteiger partial charge >= 0.3 is 0 Å². The van der Waals surface area contributed by atoms with Crippen molar-refractivity contribution < 1.29 is 13.2 Å². The second-order valence-electron chi connectivity index (χ2n) is 2.95. The second kappa shape index (κ2) is 5.38. The third-order valence-electron chi connectivity index (χ3n) is 1.94. The molecule has 0 amide bonds. The van der Waals surface area contributed by atoms with Gasteiger partial charge in [-0.05, 0) is 50.5 Å². The molecule has 0 aliphatic rings. The molecule has 0 bridgehead atoms. The molecule has 0 aromatic heterocycles. The van der Waals surface area contributed by atoms with E-state index in [-0.39, 0.29) is 4.90 Å². The summed E-state index contributed by atoms with van der Waals surface area (Å²) < 4.78 is 30.3. The Bertz CT molecular complexity index is 465. The molecule has 0 heterocycles. The lowest BCUT2D eigenvalue weighted by molar-refractivity contribution is 0.337. The Morgan fingerprint density at radius 2 is 1.94 bits per heavy atom. The molecular weight excluding hydrogens is 246 g/mol. The second-order valence-corrected chi connectivity index (χ2v) is 5.21. The molecule has 6 heteroatoms. The van der Waals surface area contributed by atoms with Gasteiger partial charge in [-0.15, -0.1) is 0 Å². The van der Waals surface area contributed by atoms with Crippen LogP contribution in [0.15, 0.2) is 29.2 Å². The fourth-order valence-electron chi connectivity index (χ4n) is 1.10. The van der Waals surface area contributed by atoms with Crippen molar-refractivity contribution in [1.29, 1.82) is 0 Å². The van der Waals surface area contributed by atoms with Gasteiger partial charge in [-0.3, -0.25) is 0 Å². The summed E-state index contributed by atoms with van der Waals surface area (Å²) in [6, 6.07) is 6.24. The van der Waals surface area contributed by atoms with Gasteiger partial charge in [0.15, 0.2) is 5.05 Å². The van der Waals surface area contributed by atoms with E-state index in [4.69, 9.17) is 17.0 Å². The molecule has 0 fully saturated rings.